The average molecular weight is 250 g/mol. The first-order valence-electron chi connectivity index (χ1n) is 6.34. The van der Waals surface area contributed by atoms with E-state index in [9.17, 15) is 9.18 Å². The van der Waals surface area contributed by atoms with Crippen molar-refractivity contribution < 1.29 is 9.18 Å². The van der Waals surface area contributed by atoms with Crippen LogP contribution in [-0.2, 0) is 0 Å². The Morgan fingerprint density at radius 1 is 1.44 bits per heavy atom. The Labute approximate surface area is 107 Å². The first-order valence-corrected chi connectivity index (χ1v) is 6.34. The van der Waals surface area contributed by atoms with E-state index in [0.717, 1.165) is 12.1 Å². The fourth-order valence-corrected chi connectivity index (χ4v) is 1.82. The second-order valence-electron chi connectivity index (χ2n) is 4.97. The van der Waals surface area contributed by atoms with Crippen molar-refractivity contribution in [2.75, 3.05) is 13.6 Å². The summed E-state index contributed by atoms with van der Waals surface area (Å²) >= 11 is 0. The van der Waals surface area contributed by atoms with Crippen LogP contribution < -0.4 is 5.32 Å². The number of carbonyl (C=O) groups is 1. The molecule has 98 valence electrons. The highest BCUT2D eigenvalue weighted by Gasteiger charge is 2.23. The molecule has 0 bridgehead atoms. The van der Waals surface area contributed by atoms with E-state index in [-0.39, 0.29) is 17.9 Å². The molecule has 0 saturated heterocycles. The van der Waals surface area contributed by atoms with E-state index in [1.165, 1.54) is 25.0 Å². The molecular weight excluding hydrogens is 231 g/mol. The van der Waals surface area contributed by atoms with Crippen molar-refractivity contribution in [3.8, 4) is 0 Å². The number of hydrogen-bond acceptors (Lipinski definition) is 1. The molecule has 0 spiro atoms. The summed E-state index contributed by atoms with van der Waals surface area (Å²) in [5.41, 5.74) is 0.931. The number of nitrogens with zero attached hydrogens (tertiary/aromatic N) is 1. The topological polar surface area (TPSA) is 32.3 Å². The van der Waals surface area contributed by atoms with Gasteiger partial charge in [0, 0.05) is 13.6 Å². The molecular formula is C14H19FN2O. The van der Waals surface area contributed by atoms with Crippen LogP contribution in [0.5, 0.6) is 0 Å². The van der Waals surface area contributed by atoms with Crippen molar-refractivity contribution in [2.45, 2.75) is 25.8 Å². The minimum atomic E-state index is -0.258. The van der Waals surface area contributed by atoms with E-state index in [1.807, 2.05) is 6.92 Å². The minimum absolute atomic E-state index is 0.0650. The predicted molar refractivity (Wildman–Crippen MR) is 68.7 cm³/mol. The van der Waals surface area contributed by atoms with E-state index >= 15 is 0 Å². The molecule has 1 aromatic carbocycles. The van der Waals surface area contributed by atoms with E-state index < -0.39 is 0 Å². The molecule has 1 atom stereocenters. The van der Waals surface area contributed by atoms with Gasteiger partial charge in [0.1, 0.15) is 5.82 Å². The van der Waals surface area contributed by atoms with Crippen molar-refractivity contribution in [3.05, 3.63) is 35.6 Å². The van der Waals surface area contributed by atoms with Crippen molar-refractivity contribution in [1.82, 2.24) is 10.2 Å². The fourth-order valence-electron chi connectivity index (χ4n) is 1.82. The van der Waals surface area contributed by atoms with Crippen LogP contribution in [0.1, 0.15) is 31.4 Å². The number of carbonyl (C=O) groups excluding carboxylic acids is 1. The molecule has 1 saturated carbocycles. The lowest BCUT2D eigenvalue weighted by Gasteiger charge is -2.25. The number of amides is 2. The van der Waals surface area contributed by atoms with Crippen LogP contribution >= 0.6 is 0 Å². The number of urea groups is 1. The SMILES string of the molecule is CC(c1ccc(F)cc1)N(C)C(=O)NCC1CC1. The summed E-state index contributed by atoms with van der Waals surface area (Å²) in [7, 11) is 1.76. The van der Waals surface area contributed by atoms with Gasteiger partial charge in [-0.25, -0.2) is 9.18 Å². The van der Waals surface area contributed by atoms with Crippen LogP contribution in [0.3, 0.4) is 0 Å². The highest BCUT2D eigenvalue weighted by Crippen LogP contribution is 2.27. The number of benzene rings is 1. The minimum Gasteiger partial charge on any atom is -0.338 e. The Balaban J connectivity index is 1.91. The molecule has 1 N–H and O–H groups in total. The third-order valence-corrected chi connectivity index (χ3v) is 3.49. The summed E-state index contributed by atoms with van der Waals surface area (Å²) in [6.45, 7) is 2.70. The van der Waals surface area contributed by atoms with Gasteiger partial charge >= 0.3 is 6.03 Å². The van der Waals surface area contributed by atoms with Crippen molar-refractivity contribution in [2.24, 2.45) is 5.92 Å². The molecule has 1 unspecified atom stereocenters. The zero-order valence-electron chi connectivity index (χ0n) is 10.8. The number of hydrogen-bond donors (Lipinski definition) is 1. The summed E-state index contributed by atoms with van der Waals surface area (Å²) in [5, 5.41) is 2.92. The van der Waals surface area contributed by atoms with Gasteiger partial charge in [-0.15, -0.1) is 0 Å². The summed E-state index contributed by atoms with van der Waals surface area (Å²) in [6.07, 6.45) is 2.44. The maximum absolute atomic E-state index is 12.8. The number of rotatable bonds is 4. The molecule has 3 nitrogen and oxygen atoms in total. The monoisotopic (exact) mass is 250 g/mol. The standard InChI is InChI=1S/C14H19FN2O/c1-10(12-5-7-13(15)8-6-12)17(2)14(18)16-9-11-3-4-11/h5-8,10-11H,3-4,9H2,1-2H3,(H,16,18). The first kappa shape index (κ1) is 12.9. The molecule has 1 aliphatic carbocycles. The lowest BCUT2D eigenvalue weighted by atomic mass is 10.1. The smallest absolute Gasteiger partial charge is 0.317 e. The Hall–Kier alpha value is -1.58. The maximum Gasteiger partial charge on any atom is 0.317 e. The van der Waals surface area contributed by atoms with Gasteiger partial charge in [-0.1, -0.05) is 12.1 Å². The van der Waals surface area contributed by atoms with Gasteiger partial charge in [0.2, 0.25) is 0 Å². The Morgan fingerprint density at radius 3 is 2.61 bits per heavy atom. The van der Waals surface area contributed by atoms with E-state index in [4.69, 9.17) is 0 Å². The molecule has 0 aliphatic heterocycles. The second kappa shape index (κ2) is 5.38. The van der Waals surface area contributed by atoms with Crippen LogP contribution in [0, 0.1) is 11.7 Å². The lowest BCUT2D eigenvalue weighted by molar-refractivity contribution is 0.194. The average Bonchev–Trinajstić information content (AvgIpc) is 3.19. The van der Waals surface area contributed by atoms with Crippen LogP contribution in [0.2, 0.25) is 0 Å². The quantitative estimate of drug-likeness (QED) is 0.875. The van der Waals surface area contributed by atoms with Gasteiger partial charge in [-0.3, -0.25) is 0 Å². The van der Waals surface area contributed by atoms with Gasteiger partial charge < -0.3 is 10.2 Å². The van der Waals surface area contributed by atoms with E-state index in [1.54, 1.807) is 24.1 Å². The Kier molecular flexibility index (Phi) is 3.84. The van der Waals surface area contributed by atoms with Gasteiger partial charge in [0.25, 0.3) is 0 Å². The van der Waals surface area contributed by atoms with Crippen molar-refractivity contribution in [3.63, 3.8) is 0 Å². The largest absolute Gasteiger partial charge is 0.338 e. The molecule has 1 aromatic rings. The van der Waals surface area contributed by atoms with Crippen LogP contribution in [0.15, 0.2) is 24.3 Å². The zero-order chi connectivity index (χ0) is 13.1. The molecule has 2 rings (SSSR count). The Morgan fingerprint density at radius 2 is 2.06 bits per heavy atom. The molecule has 0 aromatic heterocycles. The second-order valence-corrected chi connectivity index (χ2v) is 4.97. The molecule has 18 heavy (non-hydrogen) atoms. The van der Waals surface area contributed by atoms with Gasteiger partial charge in [-0.2, -0.15) is 0 Å². The molecule has 0 heterocycles. The predicted octanol–water partition coefficient (Wildman–Crippen LogP) is 2.94. The van der Waals surface area contributed by atoms with Gasteiger partial charge in [0.15, 0.2) is 0 Å². The van der Waals surface area contributed by atoms with Crippen LogP contribution in [0.4, 0.5) is 9.18 Å². The first-order chi connectivity index (χ1) is 8.58. The summed E-state index contributed by atoms with van der Waals surface area (Å²) in [4.78, 5) is 13.5. The lowest BCUT2D eigenvalue weighted by Crippen LogP contribution is -2.39. The highest BCUT2D eigenvalue weighted by atomic mass is 19.1. The molecule has 0 radical (unpaired) electrons. The van der Waals surface area contributed by atoms with Crippen molar-refractivity contribution >= 4 is 6.03 Å². The van der Waals surface area contributed by atoms with E-state index in [0.29, 0.717) is 5.92 Å². The van der Waals surface area contributed by atoms with Crippen LogP contribution in [0.25, 0.3) is 0 Å². The van der Waals surface area contributed by atoms with Gasteiger partial charge in [-0.05, 0) is 43.4 Å². The number of nitrogens with one attached hydrogen (secondary N) is 1. The summed E-state index contributed by atoms with van der Waals surface area (Å²) < 4.78 is 12.8. The fraction of sp³-hybridized carbons (Fsp3) is 0.500. The van der Waals surface area contributed by atoms with E-state index in [2.05, 4.69) is 5.32 Å². The zero-order valence-corrected chi connectivity index (χ0v) is 10.8. The highest BCUT2D eigenvalue weighted by molar-refractivity contribution is 5.74. The molecule has 4 heteroatoms. The normalized spacial score (nSPS) is 16.2. The summed E-state index contributed by atoms with van der Waals surface area (Å²) in [5.74, 6) is 0.412. The third kappa shape index (κ3) is 3.22. The Bertz CT molecular complexity index is 414. The maximum atomic E-state index is 12.8. The number of halogens is 1. The molecule has 1 fully saturated rings. The van der Waals surface area contributed by atoms with Gasteiger partial charge in [0.05, 0.1) is 6.04 Å². The molecule has 2 amide bonds. The van der Waals surface area contributed by atoms with Crippen LogP contribution in [-0.4, -0.2) is 24.5 Å². The third-order valence-electron chi connectivity index (χ3n) is 3.49. The molecule has 1 aliphatic rings. The summed E-state index contributed by atoms with van der Waals surface area (Å²) in [6, 6.07) is 6.13. The van der Waals surface area contributed by atoms with Crippen molar-refractivity contribution in [1.29, 1.82) is 0 Å².